The molecule has 1 aliphatic carbocycles. The average molecular weight is 525 g/mol. The third-order valence-corrected chi connectivity index (χ3v) is 6.46. The van der Waals surface area contributed by atoms with Crippen molar-refractivity contribution in [3.8, 4) is 0 Å². The van der Waals surface area contributed by atoms with Crippen molar-refractivity contribution in [1.82, 2.24) is 15.1 Å². The van der Waals surface area contributed by atoms with Crippen molar-refractivity contribution in [2.75, 3.05) is 66.7 Å². The lowest BCUT2D eigenvalue weighted by molar-refractivity contribution is 0.0688. The van der Waals surface area contributed by atoms with Gasteiger partial charge in [-0.3, -0.25) is 9.89 Å². The summed E-state index contributed by atoms with van der Waals surface area (Å²) in [5.41, 5.74) is 0. The first-order valence-corrected chi connectivity index (χ1v) is 11.4. The van der Waals surface area contributed by atoms with Gasteiger partial charge in [0.2, 0.25) is 0 Å². The third kappa shape index (κ3) is 9.70. The van der Waals surface area contributed by atoms with Crippen molar-refractivity contribution in [2.24, 2.45) is 16.8 Å². The largest absolute Gasteiger partial charge is 0.382 e. The van der Waals surface area contributed by atoms with E-state index < -0.39 is 0 Å². The predicted octanol–water partition coefficient (Wildman–Crippen LogP) is 3.46. The van der Waals surface area contributed by atoms with Gasteiger partial charge in [-0.15, -0.1) is 24.0 Å². The van der Waals surface area contributed by atoms with E-state index in [1.54, 1.807) is 7.11 Å². The Morgan fingerprint density at radius 2 is 1.69 bits per heavy atom. The van der Waals surface area contributed by atoms with Gasteiger partial charge in [-0.05, 0) is 50.4 Å². The zero-order valence-electron chi connectivity index (χ0n) is 19.2. The number of unbranched alkanes of at least 4 members (excludes halogenated alkanes) is 1. The number of hydrogen-bond acceptors (Lipinski definition) is 4. The molecule has 29 heavy (non-hydrogen) atoms. The number of piperazine rings is 1. The van der Waals surface area contributed by atoms with Crippen LogP contribution in [0.15, 0.2) is 4.99 Å². The van der Waals surface area contributed by atoms with E-state index in [1.165, 1.54) is 38.8 Å². The number of nitrogens with one attached hydrogen (secondary N) is 1. The second-order valence-corrected chi connectivity index (χ2v) is 8.62. The SMILES string of the molecule is CN=C(NCCCCOCCOC)N1CCN(C2CCC(C(C)C)CC2)CC1.I. The van der Waals surface area contributed by atoms with Crippen LogP contribution in [-0.2, 0) is 9.47 Å². The van der Waals surface area contributed by atoms with Crippen LogP contribution in [0.3, 0.4) is 0 Å². The number of rotatable bonds is 10. The maximum Gasteiger partial charge on any atom is 0.193 e. The Bertz CT molecular complexity index is 435. The van der Waals surface area contributed by atoms with Crippen LogP contribution in [-0.4, -0.2) is 88.5 Å². The molecule has 0 amide bonds. The molecule has 2 fully saturated rings. The Hall–Kier alpha value is -0.120. The number of hydrogen-bond donors (Lipinski definition) is 1. The highest BCUT2D eigenvalue weighted by molar-refractivity contribution is 14.0. The normalized spacial score (nSPS) is 23.9. The van der Waals surface area contributed by atoms with Crippen LogP contribution in [0.1, 0.15) is 52.4 Å². The molecule has 0 spiro atoms. The van der Waals surface area contributed by atoms with Crippen molar-refractivity contribution in [1.29, 1.82) is 0 Å². The van der Waals surface area contributed by atoms with Crippen LogP contribution >= 0.6 is 24.0 Å². The summed E-state index contributed by atoms with van der Waals surface area (Å²) >= 11 is 0. The molecule has 1 saturated carbocycles. The number of aliphatic imine (C=N–C) groups is 1. The van der Waals surface area contributed by atoms with Crippen molar-refractivity contribution < 1.29 is 9.47 Å². The zero-order chi connectivity index (χ0) is 20.2. The van der Waals surface area contributed by atoms with Crippen molar-refractivity contribution in [2.45, 2.75) is 58.4 Å². The zero-order valence-corrected chi connectivity index (χ0v) is 21.5. The fourth-order valence-corrected chi connectivity index (χ4v) is 4.54. The summed E-state index contributed by atoms with van der Waals surface area (Å²) in [7, 11) is 3.60. The summed E-state index contributed by atoms with van der Waals surface area (Å²) in [4.78, 5) is 9.66. The topological polar surface area (TPSA) is 49.3 Å². The van der Waals surface area contributed by atoms with Crippen LogP contribution in [0.4, 0.5) is 0 Å². The number of methoxy groups -OCH3 is 1. The fraction of sp³-hybridized carbons (Fsp3) is 0.955. The van der Waals surface area contributed by atoms with E-state index in [2.05, 4.69) is 34.0 Å². The highest BCUT2D eigenvalue weighted by Crippen LogP contribution is 2.32. The van der Waals surface area contributed by atoms with Crippen LogP contribution in [0.5, 0.6) is 0 Å². The first kappa shape index (κ1) is 26.9. The molecule has 0 aromatic heterocycles. The quantitative estimate of drug-likeness (QED) is 0.205. The minimum Gasteiger partial charge on any atom is -0.382 e. The first-order chi connectivity index (χ1) is 13.7. The van der Waals surface area contributed by atoms with E-state index >= 15 is 0 Å². The lowest BCUT2D eigenvalue weighted by atomic mass is 9.79. The number of ether oxygens (including phenoxy) is 2. The van der Waals surface area contributed by atoms with Crippen LogP contribution in [0.2, 0.25) is 0 Å². The molecule has 0 unspecified atom stereocenters. The van der Waals surface area contributed by atoms with Gasteiger partial charge in [0.1, 0.15) is 0 Å². The summed E-state index contributed by atoms with van der Waals surface area (Å²) in [5.74, 6) is 2.86. The van der Waals surface area contributed by atoms with Gasteiger partial charge in [0.15, 0.2) is 5.96 Å². The van der Waals surface area contributed by atoms with Gasteiger partial charge in [0.05, 0.1) is 13.2 Å². The fourth-order valence-electron chi connectivity index (χ4n) is 4.54. The number of guanidine groups is 1. The Morgan fingerprint density at radius 1 is 1.00 bits per heavy atom. The highest BCUT2D eigenvalue weighted by atomic mass is 127. The summed E-state index contributed by atoms with van der Waals surface area (Å²) < 4.78 is 10.5. The molecular weight excluding hydrogens is 479 g/mol. The summed E-state index contributed by atoms with van der Waals surface area (Å²) in [6.45, 7) is 12.4. The minimum absolute atomic E-state index is 0. The van der Waals surface area contributed by atoms with Gasteiger partial charge in [-0.1, -0.05) is 13.8 Å². The van der Waals surface area contributed by atoms with Crippen molar-refractivity contribution >= 4 is 29.9 Å². The maximum atomic E-state index is 5.51. The monoisotopic (exact) mass is 524 g/mol. The van der Waals surface area contributed by atoms with E-state index in [0.717, 1.165) is 62.9 Å². The van der Waals surface area contributed by atoms with Gasteiger partial charge in [0.25, 0.3) is 0 Å². The van der Waals surface area contributed by atoms with E-state index in [1.807, 2.05) is 7.05 Å². The smallest absolute Gasteiger partial charge is 0.193 e. The van der Waals surface area contributed by atoms with Gasteiger partial charge >= 0.3 is 0 Å². The van der Waals surface area contributed by atoms with E-state index in [0.29, 0.717) is 13.2 Å². The van der Waals surface area contributed by atoms with Gasteiger partial charge < -0.3 is 19.7 Å². The molecule has 2 aliphatic rings. The molecule has 7 heteroatoms. The Kier molecular flexibility index (Phi) is 14.5. The predicted molar refractivity (Wildman–Crippen MR) is 132 cm³/mol. The number of halogens is 1. The molecule has 0 aromatic carbocycles. The van der Waals surface area contributed by atoms with Gasteiger partial charge in [-0.2, -0.15) is 0 Å². The lowest BCUT2D eigenvalue weighted by Gasteiger charge is -2.43. The molecule has 0 radical (unpaired) electrons. The van der Waals surface area contributed by atoms with E-state index in [9.17, 15) is 0 Å². The maximum absolute atomic E-state index is 5.51. The molecule has 172 valence electrons. The number of nitrogens with zero attached hydrogens (tertiary/aromatic N) is 3. The molecule has 1 saturated heterocycles. The average Bonchev–Trinajstić information content (AvgIpc) is 2.73. The van der Waals surface area contributed by atoms with E-state index in [4.69, 9.17) is 9.47 Å². The third-order valence-electron chi connectivity index (χ3n) is 6.46. The van der Waals surface area contributed by atoms with Crippen LogP contribution < -0.4 is 5.32 Å². The molecule has 1 N–H and O–H groups in total. The second-order valence-electron chi connectivity index (χ2n) is 8.62. The molecular formula is C22H45IN4O2. The molecule has 0 aromatic rings. The summed E-state index contributed by atoms with van der Waals surface area (Å²) in [6, 6.07) is 0.810. The Labute approximate surface area is 196 Å². The molecule has 6 nitrogen and oxygen atoms in total. The van der Waals surface area contributed by atoms with Crippen LogP contribution in [0.25, 0.3) is 0 Å². The van der Waals surface area contributed by atoms with Crippen molar-refractivity contribution in [3.05, 3.63) is 0 Å². The van der Waals surface area contributed by atoms with E-state index in [-0.39, 0.29) is 24.0 Å². The first-order valence-electron chi connectivity index (χ1n) is 11.4. The molecule has 1 heterocycles. The van der Waals surface area contributed by atoms with Gasteiger partial charge in [0, 0.05) is 59.5 Å². The molecule has 0 atom stereocenters. The van der Waals surface area contributed by atoms with Crippen molar-refractivity contribution in [3.63, 3.8) is 0 Å². The lowest BCUT2D eigenvalue weighted by Crippen LogP contribution is -2.55. The second kappa shape index (κ2) is 15.6. The Balaban J connectivity index is 0.00000420. The summed E-state index contributed by atoms with van der Waals surface area (Å²) in [6.07, 6.45) is 7.79. The standard InChI is InChI=1S/C22H44N4O2.HI/c1-19(2)20-7-9-21(10-8-20)25-12-14-26(15-13-25)22(23-3)24-11-5-6-16-28-18-17-27-4;/h19-21H,5-18H2,1-4H3,(H,23,24);1H. The molecule has 1 aliphatic heterocycles. The minimum atomic E-state index is 0. The Morgan fingerprint density at radius 3 is 2.28 bits per heavy atom. The van der Waals surface area contributed by atoms with Crippen LogP contribution in [0, 0.1) is 11.8 Å². The molecule has 2 rings (SSSR count). The summed E-state index contributed by atoms with van der Waals surface area (Å²) in [5, 5.41) is 3.53. The van der Waals surface area contributed by atoms with Gasteiger partial charge in [-0.25, -0.2) is 0 Å². The highest BCUT2D eigenvalue weighted by Gasteiger charge is 2.29. The molecule has 0 bridgehead atoms.